The molecule has 0 N–H and O–H groups in total. The fraction of sp³-hybridized carbons (Fsp3) is 0.909. The van der Waals surface area contributed by atoms with Crippen molar-refractivity contribution in [2.24, 2.45) is 29.6 Å². The molecule has 1 heterocycles. The zero-order valence-corrected chi connectivity index (χ0v) is 16.8. The zero-order chi connectivity index (χ0) is 16.5. The molecular weight excluding hydrogens is 296 g/mol. The van der Waals surface area contributed by atoms with Crippen LogP contribution < -0.4 is 0 Å². The van der Waals surface area contributed by atoms with Gasteiger partial charge in [0.15, 0.2) is 0 Å². The van der Waals surface area contributed by atoms with E-state index in [1.165, 1.54) is 75.7 Å². The van der Waals surface area contributed by atoms with Gasteiger partial charge in [0.05, 0.1) is 0 Å². The van der Waals surface area contributed by atoms with Gasteiger partial charge < -0.3 is 0 Å². The molecule has 0 saturated carbocycles. The van der Waals surface area contributed by atoms with E-state index in [1.807, 2.05) is 0 Å². The Morgan fingerprint density at radius 1 is 1.13 bits per heavy atom. The predicted octanol–water partition coefficient (Wildman–Crippen LogP) is 7.34. The lowest BCUT2D eigenvalue weighted by Gasteiger charge is -2.38. The summed E-state index contributed by atoms with van der Waals surface area (Å²) in [5.41, 5.74) is 0. The van der Waals surface area contributed by atoms with Crippen LogP contribution in [0.3, 0.4) is 0 Å². The molecule has 1 aliphatic heterocycles. The summed E-state index contributed by atoms with van der Waals surface area (Å²) in [6.45, 7) is 7.39. The second-order valence-corrected chi connectivity index (χ2v) is 9.49. The van der Waals surface area contributed by atoms with Gasteiger partial charge in [-0.25, -0.2) is 0 Å². The van der Waals surface area contributed by atoms with E-state index in [0.717, 1.165) is 29.6 Å². The fourth-order valence-electron chi connectivity index (χ4n) is 4.64. The van der Waals surface area contributed by atoms with E-state index in [1.54, 1.807) is 0 Å². The van der Waals surface area contributed by atoms with Crippen molar-refractivity contribution in [3.05, 3.63) is 12.2 Å². The molecule has 0 aromatic rings. The minimum atomic E-state index is 0.875. The Kier molecular flexibility index (Phi) is 9.16. The third kappa shape index (κ3) is 6.48. The Balaban J connectivity index is 2.09. The van der Waals surface area contributed by atoms with E-state index in [0.29, 0.717) is 0 Å². The average Bonchev–Trinajstić information content (AvgIpc) is 2.59. The van der Waals surface area contributed by atoms with Gasteiger partial charge in [-0.2, -0.15) is 11.8 Å². The Bertz CT molecular complexity index is 335. The molecule has 1 heteroatoms. The highest BCUT2D eigenvalue weighted by atomic mass is 32.2. The molecule has 0 radical (unpaired) electrons. The summed E-state index contributed by atoms with van der Waals surface area (Å²) in [4.78, 5) is 0. The van der Waals surface area contributed by atoms with Crippen LogP contribution in [0.4, 0.5) is 0 Å². The SMILES string of the molecule is CCC(C)CCC1C(C)CCCCCSCC1C1C=CCCC1. The van der Waals surface area contributed by atoms with Crippen LogP contribution in [0.15, 0.2) is 12.2 Å². The van der Waals surface area contributed by atoms with Gasteiger partial charge >= 0.3 is 0 Å². The van der Waals surface area contributed by atoms with Crippen molar-refractivity contribution >= 4 is 11.8 Å². The van der Waals surface area contributed by atoms with Gasteiger partial charge in [-0.15, -0.1) is 0 Å². The molecular formula is C22H40S. The summed E-state index contributed by atoms with van der Waals surface area (Å²) in [5, 5.41) is 0. The van der Waals surface area contributed by atoms with Gasteiger partial charge in [-0.05, 0) is 73.2 Å². The van der Waals surface area contributed by atoms with Crippen LogP contribution in [-0.4, -0.2) is 11.5 Å². The standard InChI is InChI=1S/C22H40S/c1-4-18(2)14-15-21-19(3)11-7-6-10-16-23-17-22(21)20-12-8-5-9-13-20/h8,12,18-22H,4-7,9-11,13-17H2,1-3H3. The molecule has 5 unspecified atom stereocenters. The highest BCUT2D eigenvalue weighted by molar-refractivity contribution is 7.99. The minimum absolute atomic E-state index is 0.875. The second kappa shape index (κ2) is 10.9. The zero-order valence-electron chi connectivity index (χ0n) is 15.9. The Hall–Kier alpha value is 0.0900. The highest BCUT2D eigenvalue weighted by Crippen LogP contribution is 2.41. The van der Waals surface area contributed by atoms with Crippen LogP contribution in [0.5, 0.6) is 0 Å². The summed E-state index contributed by atoms with van der Waals surface area (Å²) in [7, 11) is 0. The molecule has 5 atom stereocenters. The van der Waals surface area contributed by atoms with Crippen LogP contribution in [0.1, 0.15) is 85.0 Å². The summed E-state index contributed by atoms with van der Waals surface area (Å²) < 4.78 is 0. The van der Waals surface area contributed by atoms with E-state index >= 15 is 0 Å². The molecule has 1 saturated heterocycles. The molecule has 2 aliphatic rings. The number of hydrogen-bond donors (Lipinski definition) is 0. The molecule has 0 spiro atoms. The fourth-order valence-corrected chi connectivity index (χ4v) is 5.98. The molecule has 0 bridgehead atoms. The van der Waals surface area contributed by atoms with Crippen LogP contribution in [0.25, 0.3) is 0 Å². The quantitative estimate of drug-likeness (QED) is 0.473. The van der Waals surface area contributed by atoms with Crippen molar-refractivity contribution in [3.63, 3.8) is 0 Å². The molecule has 1 fully saturated rings. The second-order valence-electron chi connectivity index (χ2n) is 8.34. The van der Waals surface area contributed by atoms with E-state index < -0.39 is 0 Å². The van der Waals surface area contributed by atoms with Crippen LogP contribution in [0.2, 0.25) is 0 Å². The summed E-state index contributed by atoms with van der Waals surface area (Å²) >= 11 is 2.27. The predicted molar refractivity (Wildman–Crippen MR) is 107 cm³/mol. The van der Waals surface area contributed by atoms with Gasteiger partial charge in [0.25, 0.3) is 0 Å². The third-order valence-electron chi connectivity index (χ3n) is 6.57. The molecule has 0 aromatic heterocycles. The molecule has 0 nitrogen and oxygen atoms in total. The lowest BCUT2D eigenvalue weighted by atomic mass is 9.70. The van der Waals surface area contributed by atoms with Crippen molar-refractivity contribution in [1.82, 2.24) is 0 Å². The lowest BCUT2D eigenvalue weighted by Crippen LogP contribution is -2.31. The van der Waals surface area contributed by atoms with Crippen molar-refractivity contribution in [3.8, 4) is 0 Å². The van der Waals surface area contributed by atoms with E-state index in [2.05, 4.69) is 44.7 Å². The van der Waals surface area contributed by atoms with Crippen molar-refractivity contribution in [2.75, 3.05) is 11.5 Å². The van der Waals surface area contributed by atoms with Crippen molar-refractivity contribution in [1.29, 1.82) is 0 Å². The number of thioether (sulfide) groups is 1. The molecule has 0 aromatic carbocycles. The first-order valence-corrected chi connectivity index (χ1v) is 11.6. The normalized spacial score (nSPS) is 34.9. The smallest absolute Gasteiger partial charge is 0.00308 e. The van der Waals surface area contributed by atoms with Crippen LogP contribution in [0, 0.1) is 29.6 Å². The monoisotopic (exact) mass is 336 g/mol. The average molecular weight is 337 g/mol. The summed E-state index contributed by atoms with van der Waals surface area (Å²) in [6, 6.07) is 0. The van der Waals surface area contributed by atoms with Crippen LogP contribution in [-0.2, 0) is 0 Å². The van der Waals surface area contributed by atoms with E-state index in [-0.39, 0.29) is 0 Å². The molecule has 1 aliphatic carbocycles. The van der Waals surface area contributed by atoms with E-state index in [4.69, 9.17) is 0 Å². The van der Waals surface area contributed by atoms with Gasteiger partial charge in [-0.1, -0.05) is 65.0 Å². The summed E-state index contributed by atoms with van der Waals surface area (Å²) in [6.07, 6.45) is 19.4. The maximum absolute atomic E-state index is 2.60. The molecule has 134 valence electrons. The third-order valence-corrected chi connectivity index (χ3v) is 7.77. The van der Waals surface area contributed by atoms with Gasteiger partial charge in [-0.3, -0.25) is 0 Å². The van der Waals surface area contributed by atoms with Crippen molar-refractivity contribution < 1.29 is 0 Å². The first-order valence-electron chi connectivity index (χ1n) is 10.5. The van der Waals surface area contributed by atoms with Crippen LogP contribution >= 0.6 is 11.8 Å². The Labute approximate surface area is 150 Å². The minimum Gasteiger partial charge on any atom is -0.162 e. The number of rotatable bonds is 5. The first kappa shape index (κ1) is 19.4. The molecule has 23 heavy (non-hydrogen) atoms. The Morgan fingerprint density at radius 3 is 2.74 bits per heavy atom. The Morgan fingerprint density at radius 2 is 2.00 bits per heavy atom. The lowest BCUT2D eigenvalue weighted by molar-refractivity contribution is 0.169. The van der Waals surface area contributed by atoms with Crippen molar-refractivity contribution in [2.45, 2.75) is 85.0 Å². The topological polar surface area (TPSA) is 0 Å². The van der Waals surface area contributed by atoms with Gasteiger partial charge in [0.2, 0.25) is 0 Å². The number of hydrogen-bond acceptors (Lipinski definition) is 1. The van der Waals surface area contributed by atoms with Gasteiger partial charge in [0.1, 0.15) is 0 Å². The maximum Gasteiger partial charge on any atom is -0.00308 e. The first-order chi connectivity index (χ1) is 11.2. The van der Waals surface area contributed by atoms with Gasteiger partial charge in [0, 0.05) is 0 Å². The molecule has 0 amide bonds. The maximum atomic E-state index is 2.60. The summed E-state index contributed by atoms with van der Waals surface area (Å²) in [5.74, 6) is 7.44. The highest BCUT2D eigenvalue weighted by Gasteiger charge is 2.32. The molecule has 2 rings (SSSR count). The van der Waals surface area contributed by atoms with E-state index in [9.17, 15) is 0 Å². The largest absolute Gasteiger partial charge is 0.162 e. The number of allylic oxidation sites excluding steroid dienone is 2.